The second-order valence-corrected chi connectivity index (χ2v) is 6.27. The van der Waals surface area contributed by atoms with E-state index in [1.807, 2.05) is 0 Å². The molecule has 2 aromatic carbocycles. The van der Waals surface area contributed by atoms with E-state index < -0.39 is 0 Å². The van der Waals surface area contributed by atoms with Crippen molar-refractivity contribution in [2.24, 2.45) is 0 Å². The Balaban J connectivity index is 2.20. The molecule has 20 heavy (non-hydrogen) atoms. The molecule has 1 atom stereocenters. The highest BCUT2D eigenvalue weighted by Gasteiger charge is 2.12. The highest BCUT2D eigenvalue weighted by molar-refractivity contribution is 14.1. The summed E-state index contributed by atoms with van der Waals surface area (Å²) in [4.78, 5) is 0. The van der Waals surface area contributed by atoms with E-state index in [0.29, 0.717) is 0 Å². The zero-order valence-corrected chi connectivity index (χ0v) is 14.1. The molecule has 0 radical (unpaired) electrons. The van der Waals surface area contributed by atoms with Crippen molar-refractivity contribution in [2.45, 2.75) is 19.4 Å². The van der Waals surface area contributed by atoms with Gasteiger partial charge in [0, 0.05) is 9.61 Å². The van der Waals surface area contributed by atoms with Crippen molar-refractivity contribution in [2.75, 3.05) is 6.54 Å². The van der Waals surface area contributed by atoms with Crippen molar-refractivity contribution in [1.29, 1.82) is 0 Å². The van der Waals surface area contributed by atoms with Gasteiger partial charge >= 0.3 is 0 Å². The quantitative estimate of drug-likeness (QED) is 0.695. The fourth-order valence-electron chi connectivity index (χ4n) is 2.15. The largest absolute Gasteiger partial charge is 0.310 e. The monoisotopic (exact) mass is 403 g/mol. The Labute approximate surface area is 137 Å². The molecule has 0 aromatic heterocycles. The van der Waals surface area contributed by atoms with E-state index in [1.165, 1.54) is 15.2 Å². The second-order valence-electron chi connectivity index (χ2n) is 4.61. The molecule has 2 aromatic rings. The number of likely N-dealkylation sites (N-methyl/N-ethyl adjacent to an activating group) is 1. The molecular formula is C16H16ClFIN. The molecule has 0 saturated heterocycles. The van der Waals surface area contributed by atoms with Crippen molar-refractivity contribution in [3.8, 4) is 0 Å². The van der Waals surface area contributed by atoms with Gasteiger partial charge in [-0.1, -0.05) is 36.7 Å². The Hall–Kier alpha value is -0.650. The molecular weight excluding hydrogens is 388 g/mol. The lowest BCUT2D eigenvalue weighted by Crippen LogP contribution is -2.23. The van der Waals surface area contributed by atoms with Crippen LogP contribution in [0.4, 0.5) is 4.39 Å². The molecule has 4 heteroatoms. The molecule has 0 bridgehead atoms. The van der Waals surface area contributed by atoms with Crippen molar-refractivity contribution in [3.63, 3.8) is 0 Å². The Morgan fingerprint density at radius 2 is 1.90 bits per heavy atom. The van der Waals surface area contributed by atoms with E-state index in [9.17, 15) is 4.39 Å². The zero-order valence-electron chi connectivity index (χ0n) is 11.2. The summed E-state index contributed by atoms with van der Waals surface area (Å²) in [6.07, 6.45) is 0.786. The topological polar surface area (TPSA) is 12.0 Å². The maximum Gasteiger partial charge on any atom is 0.141 e. The minimum absolute atomic E-state index is 0.181. The first-order valence-corrected chi connectivity index (χ1v) is 7.98. The maximum absolute atomic E-state index is 13.2. The van der Waals surface area contributed by atoms with E-state index in [4.69, 9.17) is 11.6 Å². The van der Waals surface area contributed by atoms with Crippen LogP contribution in [0.2, 0.25) is 5.02 Å². The first-order valence-electron chi connectivity index (χ1n) is 6.53. The molecule has 0 heterocycles. The number of rotatable bonds is 5. The summed E-state index contributed by atoms with van der Waals surface area (Å²) in [5, 5.41) is 3.64. The third-order valence-electron chi connectivity index (χ3n) is 3.15. The normalized spacial score (nSPS) is 12.4. The molecule has 106 valence electrons. The summed E-state index contributed by atoms with van der Waals surface area (Å²) in [6, 6.07) is 13.6. The first-order chi connectivity index (χ1) is 9.60. The van der Waals surface area contributed by atoms with Crippen LogP contribution in [0.3, 0.4) is 0 Å². The molecule has 0 spiro atoms. The van der Waals surface area contributed by atoms with Crippen LogP contribution in [0.15, 0.2) is 42.5 Å². The van der Waals surface area contributed by atoms with Crippen LogP contribution in [0, 0.1) is 9.39 Å². The van der Waals surface area contributed by atoms with Crippen LogP contribution < -0.4 is 5.32 Å². The van der Waals surface area contributed by atoms with E-state index in [-0.39, 0.29) is 16.9 Å². The lowest BCUT2D eigenvalue weighted by molar-refractivity contribution is 0.548. The zero-order chi connectivity index (χ0) is 14.5. The van der Waals surface area contributed by atoms with Crippen LogP contribution >= 0.6 is 34.2 Å². The van der Waals surface area contributed by atoms with Gasteiger partial charge in [0.1, 0.15) is 5.82 Å². The van der Waals surface area contributed by atoms with Crippen molar-refractivity contribution < 1.29 is 4.39 Å². The lowest BCUT2D eigenvalue weighted by atomic mass is 9.99. The third kappa shape index (κ3) is 4.17. The van der Waals surface area contributed by atoms with Gasteiger partial charge in [-0.05, 0) is 70.9 Å². The number of hydrogen-bond donors (Lipinski definition) is 1. The minimum atomic E-state index is -0.371. The molecule has 1 N–H and O–H groups in total. The van der Waals surface area contributed by atoms with Crippen molar-refractivity contribution in [1.82, 2.24) is 5.32 Å². The molecule has 2 rings (SSSR count). The van der Waals surface area contributed by atoms with Gasteiger partial charge in [0.2, 0.25) is 0 Å². The second kappa shape index (κ2) is 7.38. The maximum atomic E-state index is 13.2. The Bertz CT molecular complexity index is 571. The fraction of sp³-hybridized carbons (Fsp3) is 0.250. The molecule has 0 aliphatic rings. The number of hydrogen-bond acceptors (Lipinski definition) is 1. The predicted octanol–water partition coefficient (Wildman–Crippen LogP) is 4.98. The first kappa shape index (κ1) is 15.7. The molecule has 1 unspecified atom stereocenters. The van der Waals surface area contributed by atoms with Crippen LogP contribution in [0.25, 0.3) is 0 Å². The van der Waals surface area contributed by atoms with E-state index >= 15 is 0 Å². The molecule has 1 nitrogen and oxygen atoms in total. The summed E-state index contributed by atoms with van der Waals surface area (Å²) in [6.45, 7) is 2.96. The number of benzene rings is 2. The van der Waals surface area contributed by atoms with Gasteiger partial charge in [-0.3, -0.25) is 0 Å². The van der Waals surface area contributed by atoms with Crippen LogP contribution in [-0.4, -0.2) is 6.54 Å². The van der Waals surface area contributed by atoms with Gasteiger partial charge in [-0.2, -0.15) is 0 Å². The van der Waals surface area contributed by atoms with Crippen molar-refractivity contribution in [3.05, 3.63) is 68.0 Å². The molecule has 0 amide bonds. The van der Waals surface area contributed by atoms with E-state index in [1.54, 1.807) is 12.1 Å². The Morgan fingerprint density at radius 3 is 2.50 bits per heavy atom. The van der Waals surface area contributed by atoms with Crippen LogP contribution in [-0.2, 0) is 6.42 Å². The SMILES string of the molecule is CCNC(Cc1ccc(F)c(Cl)c1)c1ccc(I)cc1. The van der Waals surface area contributed by atoms with Crippen LogP contribution in [0.5, 0.6) is 0 Å². The lowest BCUT2D eigenvalue weighted by Gasteiger charge is -2.19. The Morgan fingerprint density at radius 1 is 1.20 bits per heavy atom. The Kier molecular flexibility index (Phi) is 5.81. The average molecular weight is 404 g/mol. The summed E-state index contributed by atoms with van der Waals surface area (Å²) in [5.74, 6) is -0.371. The third-order valence-corrected chi connectivity index (χ3v) is 4.16. The summed E-state index contributed by atoms with van der Waals surface area (Å²) in [5.41, 5.74) is 2.26. The molecule has 0 aliphatic carbocycles. The summed E-state index contributed by atoms with van der Waals surface area (Å²) >= 11 is 8.14. The van der Waals surface area contributed by atoms with Gasteiger partial charge in [-0.15, -0.1) is 0 Å². The van der Waals surface area contributed by atoms with Crippen LogP contribution in [0.1, 0.15) is 24.1 Å². The fourth-order valence-corrected chi connectivity index (χ4v) is 2.71. The highest BCUT2D eigenvalue weighted by Crippen LogP contribution is 2.23. The smallest absolute Gasteiger partial charge is 0.141 e. The minimum Gasteiger partial charge on any atom is -0.310 e. The summed E-state index contributed by atoms with van der Waals surface area (Å²) in [7, 11) is 0. The molecule has 0 saturated carbocycles. The van der Waals surface area contributed by atoms with Gasteiger partial charge in [0.15, 0.2) is 0 Å². The van der Waals surface area contributed by atoms with Crippen molar-refractivity contribution >= 4 is 34.2 Å². The average Bonchev–Trinajstić information content (AvgIpc) is 2.43. The van der Waals surface area contributed by atoms with Gasteiger partial charge in [-0.25, -0.2) is 4.39 Å². The standard InChI is InChI=1S/C16H16ClFIN/c1-2-20-16(12-4-6-13(19)7-5-12)10-11-3-8-15(18)14(17)9-11/h3-9,16,20H,2,10H2,1H3. The number of nitrogens with one attached hydrogen (secondary N) is 1. The van der Waals surface area contributed by atoms with Gasteiger partial charge in [0.05, 0.1) is 5.02 Å². The highest BCUT2D eigenvalue weighted by atomic mass is 127. The number of halogens is 3. The van der Waals surface area contributed by atoms with E-state index in [2.05, 4.69) is 59.1 Å². The van der Waals surface area contributed by atoms with E-state index in [0.717, 1.165) is 18.5 Å². The molecule has 0 fully saturated rings. The predicted molar refractivity (Wildman–Crippen MR) is 90.7 cm³/mol. The van der Waals surface area contributed by atoms with Gasteiger partial charge in [0.25, 0.3) is 0 Å². The van der Waals surface area contributed by atoms with Gasteiger partial charge < -0.3 is 5.32 Å². The molecule has 0 aliphatic heterocycles. The summed E-state index contributed by atoms with van der Waals surface area (Å²) < 4.78 is 14.4.